The quantitative estimate of drug-likeness (QED) is 0.595. The molecule has 2 aromatic carbocycles. The smallest absolute Gasteiger partial charge is 0.374 e. The van der Waals surface area contributed by atoms with Gasteiger partial charge in [-0.3, -0.25) is 0 Å². The van der Waals surface area contributed by atoms with Crippen LogP contribution in [0.3, 0.4) is 0 Å². The number of aryl methyl sites for hydroxylation is 1. The van der Waals surface area contributed by atoms with Gasteiger partial charge < -0.3 is 13.9 Å². The molecular formula is C21H21NO6S. The van der Waals surface area contributed by atoms with Crippen LogP contribution in [-0.4, -0.2) is 45.0 Å². The molecule has 0 aliphatic carbocycles. The third-order valence-corrected chi connectivity index (χ3v) is 6.80. The van der Waals surface area contributed by atoms with Crippen molar-refractivity contribution < 1.29 is 27.1 Å². The third-order valence-electron chi connectivity index (χ3n) is 4.91. The van der Waals surface area contributed by atoms with E-state index in [1.165, 1.54) is 10.4 Å². The average Bonchev–Trinajstić information content (AvgIpc) is 3.10. The fraction of sp³-hybridized carbons (Fsp3) is 0.286. The second-order valence-electron chi connectivity index (χ2n) is 6.79. The van der Waals surface area contributed by atoms with Crippen LogP contribution in [0.2, 0.25) is 0 Å². The molecule has 1 aliphatic heterocycles. The summed E-state index contributed by atoms with van der Waals surface area (Å²) in [6.45, 7) is 3.17. The van der Waals surface area contributed by atoms with E-state index in [1.54, 1.807) is 31.2 Å². The minimum absolute atomic E-state index is 0.0538. The van der Waals surface area contributed by atoms with Gasteiger partial charge in [-0.25, -0.2) is 13.2 Å². The van der Waals surface area contributed by atoms with Gasteiger partial charge in [0.25, 0.3) is 0 Å². The second-order valence-corrected chi connectivity index (χ2v) is 8.73. The molecule has 1 aromatic heterocycles. The van der Waals surface area contributed by atoms with Gasteiger partial charge >= 0.3 is 5.97 Å². The predicted molar refractivity (Wildman–Crippen MR) is 106 cm³/mol. The van der Waals surface area contributed by atoms with Crippen LogP contribution in [-0.2, 0) is 26.1 Å². The first-order valence-corrected chi connectivity index (χ1v) is 10.7. The number of carbonyl (C=O) groups is 1. The van der Waals surface area contributed by atoms with Crippen molar-refractivity contribution in [1.82, 2.24) is 4.31 Å². The van der Waals surface area contributed by atoms with E-state index >= 15 is 0 Å². The summed E-state index contributed by atoms with van der Waals surface area (Å²) in [5, 5.41) is 0.859. The van der Waals surface area contributed by atoms with Crippen molar-refractivity contribution in [2.24, 2.45) is 0 Å². The van der Waals surface area contributed by atoms with Crippen molar-refractivity contribution in [2.75, 3.05) is 26.3 Å². The Hall–Kier alpha value is -2.68. The topological polar surface area (TPSA) is 86.1 Å². The molecule has 3 aromatic rings. The van der Waals surface area contributed by atoms with Gasteiger partial charge in [0.2, 0.25) is 15.8 Å². The molecule has 1 aliphatic rings. The highest BCUT2D eigenvalue weighted by molar-refractivity contribution is 7.89. The number of fused-ring (bicyclic) bond motifs is 1. The summed E-state index contributed by atoms with van der Waals surface area (Å²) in [7, 11) is -3.60. The summed E-state index contributed by atoms with van der Waals surface area (Å²) in [6, 6.07) is 13.8. The van der Waals surface area contributed by atoms with Crippen LogP contribution in [0.25, 0.3) is 11.0 Å². The molecule has 1 saturated heterocycles. The van der Waals surface area contributed by atoms with E-state index in [-0.39, 0.29) is 17.3 Å². The first kappa shape index (κ1) is 19.6. The Labute approximate surface area is 168 Å². The Balaban J connectivity index is 1.49. The van der Waals surface area contributed by atoms with Gasteiger partial charge in [0.1, 0.15) is 12.2 Å². The third kappa shape index (κ3) is 3.91. The van der Waals surface area contributed by atoms with Crippen LogP contribution in [0.4, 0.5) is 0 Å². The minimum Gasteiger partial charge on any atom is -0.455 e. The number of para-hydroxylation sites is 1. The summed E-state index contributed by atoms with van der Waals surface area (Å²) in [5.41, 5.74) is 1.92. The summed E-state index contributed by atoms with van der Waals surface area (Å²) in [5.74, 6) is -0.427. The lowest BCUT2D eigenvalue weighted by atomic mass is 10.1. The monoisotopic (exact) mass is 415 g/mol. The van der Waals surface area contributed by atoms with E-state index in [4.69, 9.17) is 13.9 Å². The normalized spacial score (nSPS) is 15.5. The van der Waals surface area contributed by atoms with Crippen LogP contribution in [0.1, 0.15) is 21.7 Å². The fourth-order valence-electron chi connectivity index (χ4n) is 3.32. The van der Waals surface area contributed by atoms with Crippen molar-refractivity contribution in [1.29, 1.82) is 0 Å². The maximum Gasteiger partial charge on any atom is 0.374 e. The van der Waals surface area contributed by atoms with Gasteiger partial charge in [-0.05, 0) is 30.7 Å². The number of rotatable bonds is 5. The summed E-state index contributed by atoms with van der Waals surface area (Å²) >= 11 is 0. The lowest BCUT2D eigenvalue weighted by Crippen LogP contribution is -2.40. The Morgan fingerprint density at radius 1 is 1.10 bits per heavy atom. The van der Waals surface area contributed by atoms with Gasteiger partial charge in [0, 0.05) is 24.0 Å². The predicted octanol–water partition coefficient (Wildman–Crippen LogP) is 3.12. The SMILES string of the molecule is Cc1c(C(=O)OCc2cccc(S(=O)(=O)N3CCOCC3)c2)oc2ccccc12. The number of hydrogen-bond acceptors (Lipinski definition) is 6. The first-order valence-electron chi connectivity index (χ1n) is 9.29. The lowest BCUT2D eigenvalue weighted by Gasteiger charge is -2.26. The molecule has 0 bridgehead atoms. The molecule has 0 unspecified atom stereocenters. The van der Waals surface area contributed by atoms with Crippen LogP contribution in [0.15, 0.2) is 57.8 Å². The number of morpholine rings is 1. The molecule has 0 spiro atoms. The summed E-state index contributed by atoms with van der Waals surface area (Å²) in [6.07, 6.45) is 0. The van der Waals surface area contributed by atoms with Crippen LogP contribution >= 0.6 is 0 Å². The summed E-state index contributed by atoms with van der Waals surface area (Å²) in [4.78, 5) is 12.7. The van der Waals surface area contributed by atoms with Crippen molar-refractivity contribution in [2.45, 2.75) is 18.4 Å². The van der Waals surface area contributed by atoms with E-state index in [0.717, 1.165) is 5.39 Å². The van der Waals surface area contributed by atoms with Gasteiger partial charge in [-0.2, -0.15) is 4.31 Å². The van der Waals surface area contributed by atoms with Crippen LogP contribution in [0, 0.1) is 6.92 Å². The lowest BCUT2D eigenvalue weighted by molar-refractivity contribution is 0.0437. The zero-order valence-corrected chi connectivity index (χ0v) is 16.8. The molecule has 1 fully saturated rings. The number of ether oxygens (including phenoxy) is 2. The highest BCUT2D eigenvalue weighted by atomic mass is 32.2. The van der Waals surface area contributed by atoms with Crippen molar-refractivity contribution in [3.8, 4) is 0 Å². The molecule has 0 saturated carbocycles. The number of esters is 1. The number of sulfonamides is 1. The number of hydrogen-bond donors (Lipinski definition) is 0. The molecule has 0 amide bonds. The van der Waals surface area contributed by atoms with Gasteiger partial charge in [0.05, 0.1) is 18.1 Å². The molecule has 4 rings (SSSR count). The Morgan fingerprint density at radius 2 is 1.86 bits per heavy atom. The minimum atomic E-state index is -3.60. The largest absolute Gasteiger partial charge is 0.455 e. The number of carbonyl (C=O) groups excluding carboxylic acids is 1. The first-order chi connectivity index (χ1) is 14.0. The molecule has 0 N–H and O–H groups in total. The highest BCUT2D eigenvalue weighted by Crippen LogP contribution is 2.26. The Morgan fingerprint density at radius 3 is 2.62 bits per heavy atom. The molecule has 152 valence electrons. The highest BCUT2D eigenvalue weighted by Gasteiger charge is 2.26. The van der Waals surface area contributed by atoms with Crippen molar-refractivity contribution in [3.05, 3.63) is 65.4 Å². The van der Waals surface area contributed by atoms with E-state index in [2.05, 4.69) is 0 Å². The average molecular weight is 415 g/mol. The van der Waals surface area contributed by atoms with Gasteiger partial charge in [-0.15, -0.1) is 0 Å². The Bertz CT molecular complexity index is 1140. The van der Waals surface area contributed by atoms with Crippen LogP contribution in [0.5, 0.6) is 0 Å². The van der Waals surface area contributed by atoms with Crippen molar-refractivity contribution in [3.63, 3.8) is 0 Å². The van der Waals surface area contributed by atoms with Gasteiger partial charge in [0.15, 0.2) is 0 Å². The van der Waals surface area contributed by atoms with E-state index in [0.29, 0.717) is 43.0 Å². The maximum atomic E-state index is 12.8. The molecule has 0 atom stereocenters. The van der Waals surface area contributed by atoms with E-state index in [9.17, 15) is 13.2 Å². The summed E-state index contributed by atoms with van der Waals surface area (Å²) < 4.78 is 43.2. The zero-order valence-electron chi connectivity index (χ0n) is 16.0. The number of furan rings is 1. The van der Waals surface area contributed by atoms with Crippen LogP contribution < -0.4 is 0 Å². The number of nitrogens with zero attached hydrogens (tertiary/aromatic N) is 1. The second kappa shape index (κ2) is 7.98. The zero-order chi connectivity index (χ0) is 20.4. The molecular weight excluding hydrogens is 394 g/mol. The Kier molecular flexibility index (Phi) is 5.40. The standard InChI is InChI=1S/C21H21NO6S/c1-15-18-7-2-3-8-19(18)28-20(15)21(23)27-14-16-5-4-6-17(13-16)29(24,25)22-9-11-26-12-10-22/h2-8,13H,9-12,14H2,1H3. The molecule has 7 nitrogen and oxygen atoms in total. The molecule has 8 heteroatoms. The van der Waals surface area contributed by atoms with E-state index < -0.39 is 16.0 Å². The fourth-order valence-corrected chi connectivity index (χ4v) is 4.79. The molecule has 2 heterocycles. The van der Waals surface area contributed by atoms with E-state index in [1.807, 2.05) is 18.2 Å². The molecule has 29 heavy (non-hydrogen) atoms. The maximum absolute atomic E-state index is 12.8. The van der Waals surface area contributed by atoms with Gasteiger partial charge in [-0.1, -0.05) is 30.3 Å². The molecule has 0 radical (unpaired) electrons. The van der Waals surface area contributed by atoms with Crippen molar-refractivity contribution >= 4 is 27.0 Å². The number of benzene rings is 2.